The summed E-state index contributed by atoms with van der Waals surface area (Å²) in [6, 6.07) is 17.4. The van der Waals surface area contributed by atoms with Crippen LogP contribution in [0.25, 0.3) is 0 Å². The summed E-state index contributed by atoms with van der Waals surface area (Å²) in [5, 5.41) is 6.01. The van der Waals surface area contributed by atoms with Crippen molar-refractivity contribution in [2.45, 2.75) is 25.8 Å². The maximum Gasteiger partial charge on any atom is 0.246 e. The summed E-state index contributed by atoms with van der Waals surface area (Å²) in [6.07, 6.45) is 0. The van der Waals surface area contributed by atoms with Gasteiger partial charge in [-0.1, -0.05) is 56.3 Å². The number of carbonyl (C=O) groups excluding carboxylic acids is 1. The molecule has 2 rings (SSSR count). The smallest absolute Gasteiger partial charge is 0.246 e. The molecule has 21 heavy (non-hydrogen) atoms. The van der Waals surface area contributed by atoms with Gasteiger partial charge in [0.05, 0.1) is 0 Å². The van der Waals surface area contributed by atoms with Crippen LogP contribution in [-0.2, 0) is 4.79 Å². The highest BCUT2D eigenvalue weighted by molar-refractivity contribution is 5.95. The van der Waals surface area contributed by atoms with Crippen LogP contribution in [0.15, 0.2) is 54.6 Å². The van der Waals surface area contributed by atoms with Gasteiger partial charge in [0.15, 0.2) is 0 Å². The van der Waals surface area contributed by atoms with Gasteiger partial charge >= 0.3 is 0 Å². The number of benzene rings is 2. The van der Waals surface area contributed by atoms with Gasteiger partial charge in [-0.05, 0) is 36.2 Å². The number of hydrogen-bond donors (Lipinski definition) is 2. The highest BCUT2D eigenvalue weighted by Gasteiger charge is 2.18. The molecule has 3 heteroatoms. The quantitative estimate of drug-likeness (QED) is 0.877. The fraction of sp³-hybridized carbons (Fsp3) is 0.278. The summed E-state index contributed by atoms with van der Waals surface area (Å²) in [5.41, 5.74) is 3.04. The van der Waals surface area contributed by atoms with Gasteiger partial charge in [-0.2, -0.15) is 0 Å². The Morgan fingerprint density at radius 3 is 2.05 bits per heavy atom. The fourth-order valence-corrected chi connectivity index (χ4v) is 2.26. The highest BCUT2D eigenvalue weighted by Crippen LogP contribution is 2.19. The van der Waals surface area contributed by atoms with Crippen molar-refractivity contribution >= 4 is 11.6 Å². The number of carbonyl (C=O) groups is 1. The Labute approximate surface area is 126 Å². The van der Waals surface area contributed by atoms with E-state index in [-0.39, 0.29) is 11.9 Å². The van der Waals surface area contributed by atoms with E-state index in [0.717, 1.165) is 11.3 Å². The van der Waals surface area contributed by atoms with Crippen molar-refractivity contribution in [3.8, 4) is 0 Å². The van der Waals surface area contributed by atoms with Gasteiger partial charge in [-0.15, -0.1) is 0 Å². The first-order valence-electron chi connectivity index (χ1n) is 7.25. The van der Waals surface area contributed by atoms with Crippen molar-refractivity contribution in [2.24, 2.45) is 0 Å². The summed E-state index contributed by atoms with van der Waals surface area (Å²) < 4.78 is 0. The van der Waals surface area contributed by atoms with E-state index in [1.165, 1.54) is 5.56 Å². The van der Waals surface area contributed by atoms with Crippen LogP contribution in [0.4, 0.5) is 5.69 Å². The first kappa shape index (κ1) is 15.3. The molecule has 3 nitrogen and oxygen atoms in total. The Morgan fingerprint density at radius 2 is 1.52 bits per heavy atom. The van der Waals surface area contributed by atoms with Crippen LogP contribution in [0.5, 0.6) is 0 Å². The molecule has 0 heterocycles. The molecule has 2 aromatic carbocycles. The molecule has 1 atom stereocenters. The zero-order chi connectivity index (χ0) is 15.2. The fourth-order valence-electron chi connectivity index (χ4n) is 2.26. The molecule has 0 aliphatic carbocycles. The first-order chi connectivity index (χ1) is 10.1. The predicted molar refractivity (Wildman–Crippen MR) is 87.4 cm³/mol. The van der Waals surface area contributed by atoms with Gasteiger partial charge in [0.1, 0.15) is 6.04 Å². The lowest BCUT2D eigenvalue weighted by atomic mass is 10.0. The van der Waals surface area contributed by atoms with Gasteiger partial charge in [0.25, 0.3) is 0 Å². The van der Waals surface area contributed by atoms with Crippen LogP contribution in [0, 0.1) is 0 Å². The zero-order valence-corrected chi connectivity index (χ0v) is 12.8. The van der Waals surface area contributed by atoms with E-state index >= 15 is 0 Å². The number of rotatable bonds is 5. The number of likely N-dealkylation sites (N-methyl/N-ethyl adjacent to an activating group) is 1. The van der Waals surface area contributed by atoms with Gasteiger partial charge in [-0.3, -0.25) is 4.79 Å². The monoisotopic (exact) mass is 282 g/mol. The van der Waals surface area contributed by atoms with E-state index in [2.05, 4.69) is 36.6 Å². The molecule has 1 amide bonds. The van der Waals surface area contributed by atoms with E-state index in [0.29, 0.717) is 5.92 Å². The Hall–Kier alpha value is -2.13. The molecule has 0 bridgehead atoms. The Kier molecular flexibility index (Phi) is 5.12. The predicted octanol–water partition coefficient (Wildman–Crippen LogP) is 3.71. The van der Waals surface area contributed by atoms with Crippen LogP contribution in [-0.4, -0.2) is 13.0 Å². The van der Waals surface area contributed by atoms with E-state index in [1.54, 1.807) is 7.05 Å². The molecule has 0 aliphatic rings. The lowest BCUT2D eigenvalue weighted by Gasteiger charge is -2.16. The van der Waals surface area contributed by atoms with E-state index in [1.807, 2.05) is 42.5 Å². The minimum atomic E-state index is -0.351. The van der Waals surface area contributed by atoms with Crippen molar-refractivity contribution in [1.29, 1.82) is 0 Å². The highest BCUT2D eigenvalue weighted by atomic mass is 16.2. The van der Waals surface area contributed by atoms with Crippen molar-refractivity contribution < 1.29 is 4.79 Å². The minimum Gasteiger partial charge on any atom is -0.324 e. The minimum absolute atomic E-state index is 0.0546. The largest absolute Gasteiger partial charge is 0.324 e. The molecule has 2 aromatic rings. The van der Waals surface area contributed by atoms with Crippen LogP contribution in [0.3, 0.4) is 0 Å². The maximum absolute atomic E-state index is 12.4. The molecule has 0 aliphatic heterocycles. The standard InChI is InChI=1S/C18H22N2O/c1-13(2)14-9-11-16(12-10-14)20-18(21)17(19-3)15-7-5-4-6-8-15/h4-13,17,19H,1-3H3,(H,20,21)/t17-/m1/s1. The van der Waals surface area contributed by atoms with Crippen LogP contribution < -0.4 is 10.6 Å². The summed E-state index contributed by atoms with van der Waals surface area (Å²) in [5.74, 6) is 0.435. The molecule has 0 unspecified atom stereocenters. The number of anilines is 1. The van der Waals surface area contributed by atoms with Crippen molar-refractivity contribution in [2.75, 3.05) is 12.4 Å². The summed E-state index contributed by atoms with van der Waals surface area (Å²) in [6.45, 7) is 4.31. The lowest BCUT2D eigenvalue weighted by molar-refractivity contribution is -0.118. The molecule has 110 valence electrons. The number of amides is 1. The van der Waals surface area contributed by atoms with Gasteiger partial charge in [0, 0.05) is 5.69 Å². The molecule has 0 saturated carbocycles. The Balaban J connectivity index is 2.09. The Bertz CT molecular complexity index is 576. The summed E-state index contributed by atoms with van der Waals surface area (Å²) >= 11 is 0. The second-order valence-corrected chi connectivity index (χ2v) is 5.40. The third kappa shape index (κ3) is 3.92. The molecule has 0 aromatic heterocycles. The zero-order valence-electron chi connectivity index (χ0n) is 12.8. The molecular formula is C18H22N2O. The van der Waals surface area contributed by atoms with E-state index in [9.17, 15) is 4.79 Å². The number of hydrogen-bond acceptors (Lipinski definition) is 2. The lowest BCUT2D eigenvalue weighted by Crippen LogP contribution is -2.30. The topological polar surface area (TPSA) is 41.1 Å². The Morgan fingerprint density at radius 1 is 0.905 bits per heavy atom. The average Bonchev–Trinajstić information content (AvgIpc) is 2.49. The van der Waals surface area contributed by atoms with Gasteiger partial charge in [-0.25, -0.2) is 0 Å². The molecule has 0 spiro atoms. The normalized spacial score (nSPS) is 12.2. The van der Waals surface area contributed by atoms with Crippen LogP contribution in [0.1, 0.15) is 36.9 Å². The van der Waals surface area contributed by atoms with Crippen molar-refractivity contribution in [3.05, 3.63) is 65.7 Å². The summed E-state index contributed by atoms with van der Waals surface area (Å²) in [7, 11) is 1.79. The third-order valence-electron chi connectivity index (χ3n) is 3.53. The molecular weight excluding hydrogens is 260 g/mol. The van der Waals surface area contributed by atoms with Gasteiger partial charge < -0.3 is 10.6 Å². The molecule has 2 N–H and O–H groups in total. The molecule has 0 saturated heterocycles. The second-order valence-electron chi connectivity index (χ2n) is 5.40. The molecule has 0 radical (unpaired) electrons. The summed E-state index contributed by atoms with van der Waals surface area (Å²) in [4.78, 5) is 12.4. The number of nitrogens with one attached hydrogen (secondary N) is 2. The SMILES string of the molecule is CN[C@@H](C(=O)Nc1ccc(C(C)C)cc1)c1ccccc1. The average molecular weight is 282 g/mol. The maximum atomic E-state index is 12.4. The van der Waals surface area contributed by atoms with E-state index in [4.69, 9.17) is 0 Å². The third-order valence-corrected chi connectivity index (χ3v) is 3.53. The second kappa shape index (κ2) is 7.04. The first-order valence-corrected chi connectivity index (χ1v) is 7.25. The molecule has 0 fully saturated rings. The van der Waals surface area contributed by atoms with Crippen LogP contribution in [0.2, 0.25) is 0 Å². The van der Waals surface area contributed by atoms with Crippen LogP contribution >= 0.6 is 0 Å². The van der Waals surface area contributed by atoms with E-state index < -0.39 is 0 Å². The van der Waals surface area contributed by atoms with Gasteiger partial charge in [0.2, 0.25) is 5.91 Å². The van der Waals surface area contributed by atoms with Crippen molar-refractivity contribution in [1.82, 2.24) is 5.32 Å². The van der Waals surface area contributed by atoms with Crippen molar-refractivity contribution in [3.63, 3.8) is 0 Å².